The van der Waals surface area contributed by atoms with E-state index in [4.69, 9.17) is 10.1 Å². The molecule has 1 N–H and O–H groups in total. The van der Waals surface area contributed by atoms with Crippen LogP contribution in [0.1, 0.15) is 24.1 Å². The normalized spacial score (nSPS) is 16.3. The van der Waals surface area contributed by atoms with Crippen LogP contribution in [0.2, 0.25) is 0 Å². The Hall–Kier alpha value is -2.84. The summed E-state index contributed by atoms with van der Waals surface area (Å²) in [6.07, 6.45) is 3.96. The summed E-state index contributed by atoms with van der Waals surface area (Å²) in [6.45, 7) is 4.22. The molecule has 4 aromatic rings. The van der Waals surface area contributed by atoms with E-state index in [0.717, 1.165) is 51.8 Å². The molecule has 1 aliphatic rings. The maximum Gasteiger partial charge on any atom is 0.225 e. The first-order chi connectivity index (χ1) is 16.1. The molecule has 0 unspecified atom stereocenters. The van der Waals surface area contributed by atoms with Gasteiger partial charge in [-0.2, -0.15) is 10.1 Å². The number of thioether (sulfide) groups is 1. The maximum absolute atomic E-state index is 12.9. The van der Waals surface area contributed by atoms with Gasteiger partial charge < -0.3 is 10.2 Å². The van der Waals surface area contributed by atoms with Gasteiger partial charge in [-0.1, -0.05) is 41.7 Å². The van der Waals surface area contributed by atoms with Crippen molar-refractivity contribution in [1.29, 1.82) is 0 Å². The first-order valence-electron chi connectivity index (χ1n) is 11.2. The molecule has 0 spiro atoms. The monoisotopic (exact) mass is 477 g/mol. The van der Waals surface area contributed by atoms with Crippen molar-refractivity contribution in [2.75, 3.05) is 24.2 Å². The zero-order chi connectivity index (χ0) is 22.8. The van der Waals surface area contributed by atoms with Crippen LogP contribution in [0.25, 0.3) is 16.0 Å². The van der Waals surface area contributed by atoms with E-state index < -0.39 is 0 Å². The number of anilines is 1. The second kappa shape index (κ2) is 9.57. The number of carbonyl (C=O) groups is 1. The number of aromatic nitrogens is 3. The number of nitrogens with one attached hydrogen (secondary N) is 1. The third kappa shape index (κ3) is 4.63. The Bertz CT molecular complexity index is 1250. The number of hydrogen-bond acceptors (Lipinski definition) is 6. The van der Waals surface area contributed by atoms with Crippen LogP contribution < -0.4 is 10.2 Å². The molecule has 0 bridgehead atoms. The Labute approximate surface area is 202 Å². The van der Waals surface area contributed by atoms with Gasteiger partial charge in [0.15, 0.2) is 10.8 Å². The van der Waals surface area contributed by atoms with E-state index in [9.17, 15) is 4.79 Å². The lowest BCUT2D eigenvalue weighted by Gasteiger charge is -2.31. The molecule has 0 radical (unpaired) electrons. The molecule has 0 saturated carbocycles. The van der Waals surface area contributed by atoms with Gasteiger partial charge in [-0.05, 0) is 55.9 Å². The number of para-hydroxylation sites is 1. The third-order valence-electron chi connectivity index (χ3n) is 6.07. The Morgan fingerprint density at radius 1 is 1.18 bits per heavy atom. The van der Waals surface area contributed by atoms with Crippen LogP contribution in [0.5, 0.6) is 0 Å². The number of benzene rings is 2. The summed E-state index contributed by atoms with van der Waals surface area (Å²) in [5.41, 5.74) is 4.00. The minimum absolute atomic E-state index is 0.0250. The highest BCUT2D eigenvalue weighted by molar-refractivity contribution is 7.98. The summed E-state index contributed by atoms with van der Waals surface area (Å²) in [6, 6.07) is 18.5. The highest BCUT2D eigenvalue weighted by Crippen LogP contribution is 2.34. The number of piperidine rings is 1. The van der Waals surface area contributed by atoms with Gasteiger partial charge in [0.1, 0.15) is 0 Å². The Kier molecular flexibility index (Phi) is 6.37. The number of aryl methyl sites for hydroxylation is 1. The van der Waals surface area contributed by atoms with E-state index in [0.29, 0.717) is 13.1 Å². The van der Waals surface area contributed by atoms with E-state index in [-0.39, 0.29) is 11.8 Å². The molecule has 6 nitrogen and oxygen atoms in total. The highest BCUT2D eigenvalue weighted by Gasteiger charge is 2.28. The fraction of sp³-hybridized carbons (Fsp3) is 0.320. The van der Waals surface area contributed by atoms with Crippen LogP contribution in [0, 0.1) is 12.8 Å². The van der Waals surface area contributed by atoms with Crippen LogP contribution in [-0.4, -0.2) is 40.0 Å². The molecule has 33 heavy (non-hydrogen) atoms. The van der Waals surface area contributed by atoms with Gasteiger partial charge in [-0.3, -0.25) is 4.79 Å². The first-order valence-corrected chi connectivity index (χ1v) is 13.2. The van der Waals surface area contributed by atoms with Gasteiger partial charge >= 0.3 is 0 Å². The minimum Gasteiger partial charge on any atom is -0.352 e. The quantitative estimate of drug-likeness (QED) is 0.394. The average Bonchev–Trinajstić information content (AvgIpc) is 3.44. The van der Waals surface area contributed by atoms with Crippen molar-refractivity contribution >= 4 is 44.5 Å². The Balaban J connectivity index is 1.28. The van der Waals surface area contributed by atoms with Gasteiger partial charge in [0.2, 0.25) is 5.91 Å². The molecule has 2 aromatic heterocycles. The summed E-state index contributed by atoms with van der Waals surface area (Å²) < 4.78 is 3.02. The molecule has 1 fully saturated rings. The molecule has 8 heteroatoms. The van der Waals surface area contributed by atoms with Gasteiger partial charge in [-0.25, -0.2) is 4.68 Å². The number of thiazole rings is 1. The zero-order valence-corrected chi connectivity index (χ0v) is 20.5. The van der Waals surface area contributed by atoms with Crippen molar-refractivity contribution in [1.82, 2.24) is 20.1 Å². The zero-order valence-electron chi connectivity index (χ0n) is 18.8. The molecule has 1 saturated heterocycles. The van der Waals surface area contributed by atoms with E-state index >= 15 is 0 Å². The largest absolute Gasteiger partial charge is 0.352 e. The standard InChI is InChI=1S/C25H27N5OS2/c1-17-22-23(30(28-17)20-8-4-3-5-9-20)27-25(33-22)29-14-6-7-19(16-29)24(31)26-15-18-10-12-21(32-2)13-11-18/h3-5,8-13,19H,6-7,14-16H2,1-2H3,(H,26,31)/t19-/m0/s1. The fourth-order valence-corrected chi connectivity index (χ4v) is 5.68. The lowest BCUT2D eigenvalue weighted by Crippen LogP contribution is -2.43. The molecular weight excluding hydrogens is 450 g/mol. The molecule has 5 rings (SSSR count). The highest BCUT2D eigenvalue weighted by atomic mass is 32.2. The Morgan fingerprint density at radius 3 is 2.73 bits per heavy atom. The number of fused-ring (bicyclic) bond motifs is 1. The topological polar surface area (TPSA) is 63.1 Å². The van der Waals surface area contributed by atoms with Crippen LogP contribution in [0.4, 0.5) is 5.13 Å². The van der Waals surface area contributed by atoms with Crippen molar-refractivity contribution in [3.63, 3.8) is 0 Å². The van der Waals surface area contributed by atoms with E-state index in [1.807, 2.05) is 41.9 Å². The van der Waals surface area contributed by atoms with Crippen LogP contribution in [0.15, 0.2) is 59.5 Å². The van der Waals surface area contributed by atoms with Crippen molar-refractivity contribution in [2.45, 2.75) is 31.2 Å². The van der Waals surface area contributed by atoms with Gasteiger partial charge in [0.05, 0.1) is 22.0 Å². The summed E-state index contributed by atoms with van der Waals surface area (Å²) in [5, 5.41) is 8.80. The Morgan fingerprint density at radius 2 is 1.97 bits per heavy atom. The predicted octanol–water partition coefficient (Wildman–Crippen LogP) is 5.05. The summed E-state index contributed by atoms with van der Waals surface area (Å²) in [4.78, 5) is 21.4. The van der Waals surface area contributed by atoms with Crippen LogP contribution >= 0.6 is 23.1 Å². The molecular formula is C25H27N5OS2. The molecule has 1 atom stereocenters. The molecule has 2 aromatic carbocycles. The van der Waals surface area contributed by atoms with Gasteiger partial charge in [0, 0.05) is 24.5 Å². The second-order valence-corrected chi connectivity index (χ2v) is 10.2. The van der Waals surface area contributed by atoms with Crippen LogP contribution in [0.3, 0.4) is 0 Å². The smallest absolute Gasteiger partial charge is 0.225 e. The third-order valence-corrected chi connectivity index (χ3v) is 8.02. The van der Waals surface area contributed by atoms with Crippen molar-refractivity contribution in [3.8, 4) is 5.69 Å². The molecule has 3 heterocycles. The first kappa shape index (κ1) is 22.0. The number of amides is 1. The predicted molar refractivity (Wildman–Crippen MR) is 136 cm³/mol. The fourth-order valence-electron chi connectivity index (χ4n) is 4.25. The molecule has 1 amide bonds. The van der Waals surface area contributed by atoms with Crippen LogP contribution in [-0.2, 0) is 11.3 Å². The SMILES string of the molecule is CSc1ccc(CNC(=O)[C@H]2CCCN(c3nc4c(s3)c(C)nn4-c3ccccc3)C2)cc1. The number of carbonyl (C=O) groups excluding carboxylic acids is 1. The number of hydrogen-bond donors (Lipinski definition) is 1. The second-order valence-electron chi connectivity index (χ2n) is 8.33. The van der Waals surface area contributed by atoms with E-state index in [1.54, 1.807) is 23.1 Å². The van der Waals surface area contributed by atoms with Gasteiger partial charge in [0.25, 0.3) is 0 Å². The van der Waals surface area contributed by atoms with Crippen molar-refractivity contribution < 1.29 is 4.79 Å². The molecule has 1 aliphatic heterocycles. The van der Waals surface area contributed by atoms with E-state index in [2.05, 4.69) is 40.7 Å². The van der Waals surface area contributed by atoms with Crippen molar-refractivity contribution in [2.24, 2.45) is 5.92 Å². The summed E-state index contributed by atoms with van der Waals surface area (Å²) in [7, 11) is 0. The number of rotatable bonds is 6. The average molecular weight is 478 g/mol. The molecule has 0 aliphatic carbocycles. The van der Waals surface area contributed by atoms with Gasteiger partial charge in [-0.15, -0.1) is 11.8 Å². The minimum atomic E-state index is -0.0250. The lowest BCUT2D eigenvalue weighted by atomic mass is 9.97. The maximum atomic E-state index is 12.9. The summed E-state index contributed by atoms with van der Waals surface area (Å²) in [5.74, 6) is 0.101. The number of nitrogens with zero attached hydrogens (tertiary/aromatic N) is 4. The van der Waals surface area contributed by atoms with E-state index in [1.165, 1.54) is 4.90 Å². The summed E-state index contributed by atoms with van der Waals surface area (Å²) >= 11 is 3.39. The van der Waals surface area contributed by atoms with Crippen molar-refractivity contribution in [3.05, 3.63) is 65.9 Å². The molecule has 170 valence electrons. The lowest BCUT2D eigenvalue weighted by molar-refractivity contribution is -0.125.